The minimum atomic E-state index is -4.72. The standard InChI is InChI=1S/C14H11F3N2O2/c15-14(16,17)21-11-6-4-10(5-7-11)9-13(20)19-12-3-1-2-8-18-12/h1-8H,9H2,(H,18,19,20). The van der Waals surface area contributed by atoms with Crippen molar-refractivity contribution in [2.24, 2.45) is 0 Å². The minimum Gasteiger partial charge on any atom is -0.406 e. The van der Waals surface area contributed by atoms with Crippen LogP contribution in [0.1, 0.15) is 5.56 Å². The van der Waals surface area contributed by atoms with Crippen molar-refractivity contribution in [3.05, 3.63) is 54.2 Å². The molecular formula is C14H11F3N2O2. The summed E-state index contributed by atoms with van der Waals surface area (Å²) in [4.78, 5) is 15.7. The Balaban J connectivity index is 1.92. The molecular weight excluding hydrogens is 285 g/mol. The molecule has 0 saturated heterocycles. The Hall–Kier alpha value is -2.57. The first-order valence-corrected chi connectivity index (χ1v) is 5.98. The van der Waals surface area contributed by atoms with Crippen molar-refractivity contribution in [1.29, 1.82) is 0 Å². The largest absolute Gasteiger partial charge is 0.573 e. The van der Waals surface area contributed by atoms with Crippen LogP contribution in [0.3, 0.4) is 0 Å². The van der Waals surface area contributed by atoms with Gasteiger partial charge in [0, 0.05) is 6.20 Å². The molecule has 0 aliphatic heterocycles. The summed E-state index contributed by atoms with van der Waals surface area (Å²) in [6.07, 6.45) is -3.15. The van der Waals surface area contributed by atoms with E-state index in [0.717, 1.165) is 12.1 Å². The summed E-state index contributed by atoms with van der Waals surface area (Å²) in [5.74, 6) is -0.214. The first kappa shape index (κ1) is 14.8. The van der Waals surface area contributed by atoms with Crippen molar-refractivity contribution in [3.8, 4) is 5.75 Å². The number of benzene rings is 1. The molecule has 110 valence electrons. The Kier molecular flexibility index (Phi) is 4.42. The number of ether oxygens (including phenoxy) is 1. The smallest absolute Gasteiger partial charge is 0.406 e. The predicted octanol–water partition coefficient (Wildman–Crippen LogP) is 3.16. The normalized spacial score (nSPS) is 11.0. The zero-order valence-corrected chi connectivity index (χ0v) is 10.7. The average Bonchev–Trinajstić information content (AvgIpc) is 2.40. The quantitative estimate of drug-likeness (QED) is 0.943. The SMILES string of the molecule is O=C(Cc1ccc(OC(F)(F)F)cc1)Nc1ccccn1. The van der Waals surface area contributed by atoms with Crippen molar-refractivity contribution in [2.45, 2.75) is 12.8 Å². The zero-order chi connectivity index (χ0) is 15.3. The highest BCUT2D eigenvalue weighted by molar-refractivity contribution is 5.91. The van der Waals surface area contributed by atoms with Gasteiger partial charge < -0.3 is 10.1 Å². The van der Waals surface area contributed by atoms with Crippen molar-refractivity contribution in [3.63, 3.8) is 0 Å². The monoisotopic (exact) mass is 296 g/mol. The molecule has 1 aromatic carbocycles. The van der Waals surface area contributed by atoms with E-state index >= 15 is 0 Å². The predicted molar refractivity (Wildman–Crippen MR) is 69.7 cm³/mol. The molecule has 21 heavy (non-hydrogen) atoms. The Bertz CT molecular complexity index is 598. The fraction of sp³-hybridized carbons (Fsp3) is 0.143. The van der Waals surface area contributed by atoms with E-state index in [1.807, 2.05) is 0 Å². The fourth-order valence-corrected chi connectivity index (χ4v) is 1.62. The molecule has 0 radical (unpaired) electrons. The lowest BCUT2D eigenvalue weighted by Gasteiger charge is -2.09. The number of rotatable bonds is 4. The van der Waals surface area contributed by atoms with Gasteiger partial charge in [-0.25, -0.2) is 4.98 Å². The number of alkyl halides is 3. The van der Waals surface area contributed by atoms with E-state index in [-0.39, 0.29) is 18.1 Å². The van der Waals surface area contributed by atoms with Gasteiger partial charge >= 0.3 is 6.36 Å². The topological polar surface area (TPSA) is 51.2 Å². The maximum atomic E-state index is 12.0. The third-order valence-corrected chi connectivity index (χ3v) is 2.45. The van der Waals surface area contributed by atoms with Crippen LogP contribution in [-0.2, 0) is 11.2 Å². The second-order valence-electron chi connectivity index (χ2n) is 4.13. The van der Waals surface area contributed by atoms with Crippen molar-refractivity contribution >= 4 is 11.7 Å². The van der Waals surface area contributed by atoms with Crippen molar-refractivity contribution in [2.75, 3.05) is 5.32 Å². The molecule has 0 aliphatic carbocycles. The molecule has 1 aromatic heterocycles. The molecule has 0 spiro atoms. The van der Waals surface area contributed by atoms with Crippen LogP contribution in [0.15, 0.2) is 48.7 Å². The molecule has 7 heteroatoms. The number of pyridine rings is 1. The van der Waals surface area contributed by atoms with E-state index in [0.29, 0.717) is 11.4 Å². The molecule has 0 unspecified atom stereocenters. The van der Waals surface area contributed by atoms with E-state index in [9.17, 15) is 18.0 Å². The zero-order valence-electron chi connectivity index (χ0n) is 10.7. The van der Waals surface area contributed by atoms with Gasteiger partial charge in [-0.15, -0.1) is 13.2 Å². The van der Waals surface area contributed by atoms with Crippen LogP contribution in [0.25, 0.3) is 0 Å². The molecule has 0 saturated carbocycles. The molecule has 0 bridgehead atoms. The van der Waals surface area contributed by atoms with Crippen LogP contribution in [0, 0.1) is 0 Å². The number of halogens is 3. The number of hydrogen-bond acceptors (Lipinski definition) is 3. The Morgan fingerprint density at radius 2 is 1.86 bits per heavy atom. The van der Waals surface area contributed by atoms with Gasteiger partial charge in [0.25, 0.3) is 0 Å². The summed E-state index contributed by atoms with van der Waals surface area (Å²) >= 11 is 0. The maximum absolute atomic E-state index is 12.0. The summed E-state index contributed by atoms with van der Waals surface area (Å²) in [6.45, 7) is 0. The van der Waals surface area contributed by atoms with Gasteiger partial charge in [-0.2, -0.15) is 0 Å². The van der Waals surface area contributed by atoms with Crippen LogP contribution < -0.4 is 10.1 Å². The number of carbonyl (C=O) groups is 1. The van der Waals surface area contributed by atoms with Gasteiger partial charge in [0.15, 0.2) is 0 Å². The third kappa shape index (κ3) is 5.13. The fourth-order valence-electron chi connectivity index (χ4n) is 1.62. The number of amides is 1. The van der Waals surface area contributed by atoms with Crippen LogP contribution in [0.2, 0.25) is 0 Å². The second kappa shape index (κ2) is 6.25. The van der Waals surface area contributed by atoms with E-state index < -0.39 is 6.36 Å². The van der Waals surface area contributed by atoms with E-state index in [1.54, 1.807) is 24.4 Å². The Morgan fingerprint density at radius 3 is 2.43 bits per heavy atom. The molecule has 4 nitrogen and oxygen atoms in total. The lowest BCUT2D eigenvalue weighted by molar-refractivity contribution is -0.274. The number of nitrogens with one attached hydrogen (secondary N) is 1. The highest BCUT2D eigenvalue weighted by Gasteiger charge is 2.30. The molecule has 0 atom stereocenters. The van der Waals surface area contributed by atoms with E-state index in [2.05, 4.69) is 15.0 Å². The number of anilines is 1. The number of hydrogen-bond donors (Lipinski definition) is 1. The summed E-state index contributed by atoms with van der Waals surface area (Å²) in [5.41, 5.74) is 0.568. The van der Waals surface area contributed by atoms with Crippen LogP contribution in [-0.4, -0.2) is 17.3 Å². The number of nitrogens with zero attached hydrogens (tertiary/aromatic N) is 1. The summed E-state index contributed by atoms with van der Waals surface area (Å²) in [6, 6.07) is 10.2. The molecule has 1 heterocycles. The first-order chi connectivity index (χ1) is 9.92. The molecule has 0 fully saturated rings. The minimum absolute atomic E-state index is 0.0306. The lowest BCUT2D eigenvalue weighted by Crippen LogP contribution is -2.17. The summed E-state index contributed by atoms with van der Waals surface area (Å²) in [7, 11) is 0. The molecule has 1 N–H and O–H groups in total. The number of aromatic nitrogens is 1. The van der Waals surface area contributed by atoms with E-state index in [4.69, 9.17) is 0 Å². The van der Waals surface area contributed by atoms with Crippen LogP contribution in [0.5, 0.6) is 5.75 Å². The van der Waals surface area contributed by atoms with Gasteiger partial charge in [-0.05, 0) is 29.8 Å². The third-order valence-electron chi connectivity index (χ3n) is 2.45. The Morgan fingerprint density at radius 1 is 1.14 bits per heavy atom. The number of carbonyl (C=O) groups excluding carboxylic acids is 1. The van der Waals surface area contributed by atoms with Gasteiger partial charge in [0.1, 0.15) is 11.6 Å². The van der Waals surface area contributed by atoms with Gasteiger partial charge in [-0.1, -0.05) is 18.2 Å². The molecule has 1 amide bonds. The van der Waals surface area contributed by atoms with Gasteiger partial charge in [0.2, 0.25) is 5.91 Å². The van der Waals surface area contributed by atoms with Gasteiger partial charge in [-0.3, -0.25) is 4.79 Å². The van der Waals surface area contributed by atoms with Crippen LogP contribution >= 0.6 is 0 Å². The van der Waals surface area contributed by atoms with Crippen LogP contribution in [0.4, 0.5) is 19.0 Å². The molecule has 0 aliphatic rings. The first-order valence-electron chi connectivity index (χ1n) is 5.98. The second-order valence-corrected chi connectivity index (χ2v) is 4.13. The van der Waals surface area contributed by atoms with Crippen molar-refractivity contribution in [1.82, 2.24) is 4.98 Å². The molecule has 2 rings (SSSR count). The summed E-state index contributed by atoms with van der Waals surface area (Å²) < 4.78 is 39.7. The Labute approximate surface area is 118 Å². The van der Waals surface area contributed by atoms with Crippen molar-refractivity contribution < 1.29 is 22.7 Å². The maximum Gasteiger partial charge on any atom is 0.573 e. The average molecular weight is 296 g/mol. The molecule has 2 aromatic rings. The highest BCUT2D eigenvalue weighted by atomic mass is 19.4. The van der Waals surface area contributed by atoms with Gasteiger partial charge in [0.05, 0.1) is 6.42 Å². The highest BCUT2D eigenvalue weighted by Crippen LogP contribution is 2.22. The van der Waals surface area contributed by atoms with E-state index in [1.165, 1.54) is 12.1 Å². The summed E-state index contributed by atoms with van der Waals surface area (Å²) in [5, 5.41) is 2.58. The lowest BCUT2D eigenvalue weighted by atomic mass is 10.1.